The maximum absolute atomic E-state index is 13.7. The molecule has 0 fully saturated rings. The molecule has 0 radical (unpaired) electrons. The van der Waals surface area contributed by atoms with Gasteiger partial charge in [-0.2, -0.15) is 0 Å². The van der Waals surface area contributed by atoms with Gasteiger partial charge in [-0.15, -0.1) is 0 Å². The molecule has 0 N–H and O–H groups in total. The highest BCUT2D eigenvalue weighted by atomic mass is 32.1. The number of ether oxygens (including phenoxy) is 3. The van der Waals surface area contributed by atoms with Gasteiger partial charge in [0.05, 0.1) is 29.5 Å². The van der Waals surface area contributed by atoms with Crippen molar-refractivity contribution in [2.45, 2.75) is 19.9 Å². The number of nitrogens with zero attached hydrogens (tertiary/aromatic N) is 2. The van der Waals surface area contributed by atoms with Gasteiger partial charge < -0.3 is 14.2 Å². The van der Waals surface area contributed by atoms with Gasteiger partial charge in [0.1, 0.15) is 24.1 Å². The van der Waals surface area contributed by atoms with Crippen LogP contribution in [-0.2, 0) is 9.53 Å². The summed E-state index contributed by atoms with van der Waals surface area (Å²) in [6.45, 7) is 7.78. The van der Waals surface area contributed by atoms with Gasteiger partial charge >= 0.3 is 5.97 Å². The molecule has 35 heavy (non-hydrogen) atoms. The lowest BCUT2D eigenvalue weighted by molar-refractivity contribution is -0.139. The van der Waals surface area contributed by atoms with Crippen molar-refractivity contribution < 1.29 is 19.0 Å². The zero-order valence-corrected chi connectivity index (χ0v) is 20.6. The standard InChI is InChI=1S/C27H26N2O5S/c1-5-15-34-19-13-11-18(12-14-19)16-22-25(30)29-24(20-9-7-8-10-21(20)32-4)23(26(31)33-6-2)17(3)28-27(29)35-22/h5,7-14,16,24H,1,6,15H2,2-4H3/b22-16-. The number of hydrogen-bond acceptors (Lipinski definition) is 7. The molecule has 4 rings (SSSR count). The second-order valence-corrected chi connectivity index (χ2v) is 8.72. The first kappa shape index (κ1) is 24.2. The number of aromatic nitrogens is 1. The molecule has 3 aromatic rings. The van der Waals surface area contributed by atoms with Gasteiger partial charge in [0, 0.05) is 5.56 Å². The number of fused-ring (bicyclic) bond motifs is 1. The third kappa shape index (κ3) is 4.83. The molecule has 2 aromatic carbocycles. The summed E-state index contributed by atoms with van der Waals surface area (Å²) in [5.74, 6) is 0.780. The van der Waals surface area contributed by atoms with Crippen molar-refractivity contribution in [2.24, 2.45) is 4.99 Å². The average molecular weight is 491 g/mol. The summed E-state index contributed by atoms with van der Waals surface area (Å²) < 4.78 is 18.5. The van der Waals surface area contributed by atoms with Crippen molar-refractivity contribution in [1.29, 1.82) is 0 Å². The molecule has 180 valence electrons. The number of methoxy groups -OCH3 is 1. The Labute approximate surface area is 206 Å². The Morgan fingerprint density at radius 3 is 2.63 bits per heavy atom. The Balaban J connectivity index is 1.88. The minimum absolute atomic E-state index is 0.213. The Hall–Kier alpha value is -3.91. The quantitative estimate of drug-likeness (QED) is 0.357. The van der Waals surface area contributed by atoms with Gasteiger partial charge in [0.15, 0.2) is 4.80 Å². The molecule has 2 heterocycles. The summed E-state index contributed by atoms with van der Waals surface area (Å²) in [4.78, 5) is 31.8. The van der Waals surface area contributed by atoms with Gasteiger partial charge in [-0.3, -0.25) is 9.36 Å². The first-order chi connectivity index (χ1) is 17.0. The number of carbonyl (C=O) groups excluding carboxylic acids is 1. The van der Waals surface area contributed by atoms with Gasteiger partial charge in [-0.05, 0) is 43.7 Å². The van der Waals surface area contributed by atoms with E-state index in [1.165, 1.54) is 11.3 Å². The number of benzene rings is 2. The van der Waals surface area contributed by atoms with E-state index in [2.05, 4.69) is 11.6 Å². The molecule has 8 heteroatoms. The zero-order chi connectivity index (χ0) is 24.9. The summed E-state index contributed by atoms with van der Waals surface area (Å²) in [5.41, 5.74) is 2.11. The summed E-state index contributed by atoms with van der Waals surface area (Å²) in [6, 6.07) is 14.1. The number of hydrogen-bond donors (Lipinski definition) is 0. The Kier molecular flexibility index (Phi) is 7.31. The average Bonchev–Trinajstić information content (AvgIpc) is 3.17. The molecule has 1 atom stereocenters. The van der Waals surface area contributed by atoms with E-state index >= 15 is 0 Å². The van der Waals surface area contributed by atoms with Crippen LogP contribution in [0, 0.1) is 0 Å². The predicted molar refractivity (Wildman–Crippen MR) is 136 cm³/mol. The monoisotopic (exact) mass is 490 g/mol. The number of thiazole rings is 1. The smallest absolute Gasteiger partial charge is 0.338 e. The first-order valence-electron chi connectivity index (χ1n) is 11.1. The fourth-order valence-electron chi connectivity index (χ4n) is 3.94. The molecule has 0 spiro atoms. The second kappa shape index (κ2) is 10.6. The van der Waals surface area contributed by atoms with Crippen molar-refractivity contribution in [3.05, 3.63) is 103 Å². The maximum atomic E-state index is 13.7. The van der Waals surface area contributed by atoms with Crippen molar-refractivity contribution >= 4 is 23.4 Å². The fourth-order valence-corrected chi connectivity index (χ4v) is 4.99. The van der Waals surface area contributed by atoms with Crippen molar-refractivity contribution in [1.82, 2.24) is 4.57 Å². The van der Waals surface area contributed by atoms with Crippen LogP contribution in [0.3, 0.4) is 0 Å². The lowest BCUT2D eigenvalue weighted by Crippen LogP contribution is -2.40. The van der Waals surface area contributed by atoms with E-state index in [0.29, 0.717) is 38.5 Å². The maximum Gasteiger partial charge on any atom is 0.338 e. The van der Waals surface area contributed by atoms with Gasteiger partial charge in [-0.1, -0.05) is 54.3 Å². The van der Waals surface area contributed by atoms with Crippen LogP contribution in [0.4, 0.5) is 0 Å². The van der Waals surface area contributed by atoms with Gasteiger partial charge in [0.2, 0.25) is 0 Å². The molecular formula is C27H26N2O5S. The lowest BCUT2D eigenvalue weighted by Gasteiger charge is -2.25. The summed E-state index contributed by atoms with van der Waals surface area (Å²) >= 11 is 1.27. The van der Waals surface area contributed by atoms with Gasteiger partial charge in [0.25, 0.3) is 5.56 Å². The third-order valence-corrected chi connectivity index (χ3v) is 6.48. The van der Waals surface area contributed by atoms with Crippen LogP contribution in [0.5, 0.6) is 11.5 Å². The Bertz CT molecular complexity index is 1460. The number of allylic oxidation sites excluding steroid dienone is 1. The van der Waals surface area contributed by atoms with E-state index < -0.39 is 12.0 Å². The Morgan fingerprint density at radius 2 is 1.94 bits per heavy atom. The molecule has 7 nitrogen and oxygen atoms in total. The minimum Gasteiger partial charge on any atom is -0.496 e. The van der Waals surface area contributed by atoms with E-state index in [-0.39, 0.29) is 12.2 Å². The number of para-hydroxylation sites is 1. The SMILES string of the molecule is C=CCOc1ccc(/C=c2\sc3n(c2=O)C(c2ccccc2OC)C(C(=O)OCC)=C(C)N=3)cc1. The zero-order valence-electron chi connectivity index (χ0n) is 19.8. The van der Waals surface area contributed by atoms with Crippen LogP contribution in [-0.4, -0.2) is 30.9 Å². The first-order valence-corrected chi connectivity index (χ1v) is 12.0. The number of carbonyl (C=O) groups is 1. The van der Waals surface area contributed by atoms with Crippen LogP contribution in [0.2, 0.25) is 0 Å². The molecule has 1 aromatic heterocycles. The van der Waals surface area contributed by atoms with Crippen LogP contribution >= 0.6 is 11.3 Å². The molecule has 0 saturated heterocycles. The highest BCUT2D eigenvalue weighted by Gasteiger charge is 2.34. The van der Waals surface area contributed by atoms with Crippen LogP contribution in [0.25, 0.3) is 6.08 Å². The van der Waals surface area contributed by atoms with Crippen molar-refractivity contribution in [2.75, 3.05) is 20.3 Å². The van der Waals surface area contributed by atoms with E-state index in [1.54, 1.807) is 37.7 Å². The minimum atomic E-state index is -0.724. The van der Waals surface area contributed by atoms with E-state index in [9.17, 15) is 9.59 Å². The molecule has 1 unspecified atom stereocenters. The number of rotatable bonds is 8. The summed E-state index contributed by atoms with van der Waals surface area (Å²) in [5, 5.41) is 0. The van der Waals surface area contributed by atoms with Gasteiger partial charge in [-0.25, -0.2) is 9.79 Å². The molecule has 0 saturated carbocycles. The van der Waals surface area contributed by atoms with Crippen LogP contribution < -0.4 is 24.4 Å². The Morgan fingerprint density at radius 1 is 1.20 bits per heavy atom. The van der Waals surface area contributed by atoms with E-state index in [4.69, 9.17) is 14.2 Å². The molecule has 0 amide bonds. The van der Waals surface area contributed by atoms with E-state index in [1.807, 2.05) is 48.5 Å². The number of esters is 1. The highest BCUT2D eigenvalue weighted by Crippen LogP contribution is 2.35. The van der Waals surface area contributed by atoms with Crippen LogP contribution in [0.1, 0.15) is 31.0 Å². The van der Waals surface area contributed by atoms with Crippen LogP contribution in [0.15, 0.2) is 82.2 Å². The fraction of sp³-hybridized carbons (Fsp3) is 0.222. The predicted octanol–water partition coefficient (Wildman–Crippen LogP) is 3.37. The largest absolute Gasteiger partial charge is 0.496 e. The van der Waals surface area contributed by atoms with E-state index in [0.717, 1.165) is 11.3 Å². The summed E-state index contributed by atoms with van der Waals surface area (Å²) in [7, 11) is 1.56. The summed E-state index contributed by atoms with van der Waals surface area (Å²) in [6.07, 6.45) is 3.49. The molecular weight excluding hydrogens is 464 g/mol. The van der Waals surface area contributed by atoms with Crippen molar-refractivity contribution in [3.63, 3.8) is 0 Å². The molecule has 0 aliphatic carbocycles. The van der Waals surface area contributed by atoms with Crippen molar-refractivity contribution in [3.8, 4) is 11.5 Å². The second-order valence-electron chi connectivity index (χ2n) is 7.71. The highest BCUT2D eigenvalue weighted by molar-refractivity contribution is 7.07. The normalized spacial score (nSPS) is 15.3. The third-order valence-electron chi connectivity index (χ3n) is 5.50. The molecule has 1 aliphatic heterocycles. The lowest BCUT2D eigenvalue weighted by atomic mass is 9.95. The molecule has 1 aliphatic rings. The molecule has 0 bridgehead atoms. The topological polar surface area (TPSA) is 79.1 Å².